The summed E-state index contributed by atoms with van der Waals surface area (Å²) >= 11 is 5.93. The third kappa shape index (κ3) is 2.52. The largest absolute Gasteiger partial charge is 0.316 e. The number of fused-ring (bicyclic) bond motifs is 1. The molecule has 1 aromatic carbocycles. The highest BCUT2D eigenvalue weighted by molar-refractivity contribution is 7.89. The first kappa shape index (κ1) is 14.7. The van der Waals surface area contributed by atoms with E-state index in [0.717, 1.165) is 25.2 Å². The first-order valence-electron chi connectivity index (χ1n) is 6.54. The second-order valence-corrected chi connectivity index (χ2v) is 7.69. The van der Waals surface area contributed by atoms with Crippen LogP contribution in [0.25, 0.3) is 0 Å². The van der Waals surface area contributed by atoms with E-state index in [2.05, 4.69) is 5.32 Å². The predicted molar refractivity (Wildman–Crippen MR) is 76.7 cm³/mol. The van der Waals surface area contributed by atoms with Gasteiger partial charge in [-0.2, -0.15) is 4.31 Å². The third-order valence-electron chi connectivity index (χ3n) is 4.10. The Bertz CT molecular complexity index is 682. The van der Waals surface area contributed by atoms with Crippen LogP contribution in [0.15, 0.2) is 23.1 Å². The number of sulfonamides is 1. The first-order valence-corrected chi connectivity index (χ1v) is 8.36. The summed E-state index contributed by atoms with van der Waals surface area (Å²) in [6.45, 7) is 2.58. The fourth-order valence-corrected chi connectivity index (χ4v) is 5.03. The zero-order valence-corrected chi connectivity index (χ0v) is 12.6. The van der Waals surface area contributed by atoms with Crippen LogP contribution >= 0.6 is 11.6 Å². The molecule has 0 radical (unpaired) electrons. The van der Waals surface area contributed by atoms with Crippen molar-refractivity contribution < 1.29 is 13.3 Å². The molecule has 2 aliphatic heterocycles. The van der Waals surface area contributed by atoms with Gasteiger partial charge in [0.15, 0.2) is 0 Å². The van der Waals surface area contributed by atoms with Gasteiger partial charge >= 0.3 is 0 Å². The molecular formula is C12H14ClN3O4S. The Labute approximate surface area is 127 Å². The number of rotatable bonds is 3. The zero-order valence-electron chi connectivity index (χ0n) is 11.0. The van der Waals surface area contributed by atoms with Crippen molar-refractivity contribution in [3.63, 3.8) is 0 Å². The van der Waals surface area contributed by atoms with Crippen LogP contribution in [0, 0.1) is 22.0 Å². The summed E-state index contributed by atoms with van der Waals surface area (Å²) in [7, 11) is -3.70. The lowest BCUT2D eigenvalue weighted by Gasteiger charge is -2.18. The van der Waals surface area contributed by atoms with Crippen LogP contribution in [0.1, 0.15) is 0 Å². The molecule has 2 atom stereocenters. The molecule has 0 amide bonds. The Morgan fingerprint density at radius 2 is 1.90 bits per heavy atom. The molecular weight excluding hydrogens is 318 g/mol. The van der Waals surface area contributed by atoms with Crippen molar-refractivity contribution in [1.29, 1.82) is 0 Å². The number of halogens is 1. The summed E-state index contributed by atoms with van der Waals surface area (Å²) < 4.78 is 26.7. The number of non-ortho nitro benzene ring substituents is 1. The molecule has 1 aromatic rings. The number of nitrogens with one attached hydrogen (secondary N) is 1. The molecule has 3 rings (SSSR count). The Morgan fingerprint density at radius 3 is 2.43 bits per heavy atom. The molecule has 2 aliphatic rings. The number of hydrogen-bond acceptors (Lipinski definition) is 5. The van der Waals surface area contributed by atoms with Crippen molar-refractivity contribution in [1.82, 2.24) is 9.62 Å². The summed E-state index contributed by atoms with van der Waals surface area (Å²) in [5.74, 6) is 0.660. The Balaban J connectivity index is 1.90. The molecule has 114 valence electrons. The molecule has 2 heterocycles. The molecule has 0 saturated carbocycles. The topological polar surface area (TPSA) is 92.5 Å². The second-order valence-electron chi connectivity index (χ2n) is 5.37. The van der Waals surface area contributed by atoms with Crippen molar-refractivity contribution in [2.24, 2.45) is 11.8 Å². The van der Waals surface area contributed by atoms with Gasteiger partial charge in [-0.05, 0) is 31.0 Å². The molecule has 7 nitrogen and oxygen atoms in total. The Morgan fingerprint density at radius 1 is 1.29 bits per heavy atom. The normalized spacial score (nSPS) is 26.0. The SMILES string of the molecule is O=[N+]([O-])c1ccc(S(=O)(=O)N2C[C@H]3CNC[C@H]3C2)c(Cl)c1. The van der Waals surface area contributed by atoms with Gasteiger partial charge in [-0.3, -0.25) is 10.1 Å². The van der Waals surface area contributed by atoms with Gasteiger partial charge in [-0.15, -0.1) is 0 Å². The quantitative estimate of drug-likeness (QED) is 0.661. The summed E-state index contributed by atoms with van der Waals surface area (Å²) in [6, 6.07) is 3.45. The van der Waals surface area contributed by atoms with Crippen LogP contribution < -0.4 is 5.32 Å². The van der Waals surface area contributed by atoms with Crippen LogP contribution in [0.5, 0.6) is 0 Å². The maximum absolute atomic E-state index is 12.6. The van der Waals surface area contributed by atoms with E-state index in [1.807, 2.05) is 0 Å². The van der Waals surface area contributed by atoms with Crippen LogP contribution in [-0.4, -0.2) is 43.8 Å². The highest BCUT2D eigenvalue weighted by Crippen LogP contribution is 2.34. The number of nitro groups is 1. The van der Waals surface area contributed by atoms with E-state index in [9.17, 15) is 18.5 Å². The van der Waals surface area contributed by atoms with Crippen molar-refractivity contribution >= 4 is 27.3 Å². The number of hydrogen-bond donors (Lipinski definition) is 1. The van der Waals surface area contributed by atoms with E-state index in [-0.39, 0.29) is 15.6 Å². The van der Waals surface area contributed by atoms with E-state index >= 15 is 0 Å². The van der Waals surface area contributed by atoms with E-state index < -0.39 is 14.9 Å². The van der Waals surface area contributed by atoms with Crippen molar-refractivity contribution in [3.05, 3.63) is 33.3 Å². The maximum atomic E-state index is 12.6. The van der Waals surface area contributed by atoms with Gasteiger partial charge in [-0.25, -0.2) is 8.42 Å². The standard InChI is InChI=1S/C12H14ClN3O4S/c13-11-3-10(16(17)18)1-2-12(11)21(19,20)15-6-8-4-14-5-9(8)7-15/h1-3,8-9,14H,4-7H2/t8-,9+. The number of nitro benzene ring substituents is 1. The van der Waals surface area contributed by atoms with E-state index in [0.29, 0.717) is 24.9 Å². The smallest absolute Gasteiger partial charge is 0.271 e. The molecule has 0 unspecified atom stereocenters. The van der Waals surface area contributed by atoms with E-state index in [1.165, 1.54) is 10.4 Å². The lowest BCUT2D eigenvalue weighted by atomic mass is 10.0. The Hall–Kier alpha value is -1.22. The molecule has 2 fully saturated rings. The van der Waals surface area contributed by atoms with Gasteiger partial charge in [0.05, 0.1) is 9.95 Å². The monoisotopic (exact) mass is 331 g/mol. The van der Waals surface area contributed by atoms with Crippen molar-refractivity contribution in [2.45, 2.75) is 4.90 Å². The first-order chi connectivity index (χ1) is 9.89. The second kappa shape index (κ2) is 5.20. The molecule has 0 aliphatic carbocycles. The molecule has 0 bridgehead atoms. The molecule has 1 N–H and O–H groups in total. The molecule has 0 spiro atoms. The highest BCUT2D eigenvalue weighted by atomic mass is 35.5. The van der Waals surface area contributed by atoms with Crippen LogP contribution in [-0.2, 0) is 10.0 Å². The fraction of sp³-hybridized carbons (Fsp3) is 0.500. The summed E-state index contributed by atoms with van der Waals surface area (Å²) in [4.78, 5) is 10.0. The van der Waals surface area contributed by atoms with Gasteiger partial charge in [0.1, 0.15) is 4.90 Å². The zero-order chi connectivity index (χ0) is 15.2. The van der Waals surface area contributed by atoms with E-state index in [4.69, 9.17) is 11.6 Å². The summed E-state index contributed by atoms with van der Waals surface area (Å²) in [5.41, 5.74) is -0.221. The number of nitrogens with zero attached hydrogens (tertiary/aromatic N) is 2. The number of benzene rings is 1. The van der Waals surface area contributed by atoms with Gasteiger partial charge in [0.2, 0.25) is 10.0 Å². The minimum Gasteiger partial charge on any atom is -0.316 e. The van der Waals surface area contributed by atoms with Gasteiger partial charge in [0, 0.05) is 25.2 Å². The lowest BCUT2D eigenvalue weighted by molar-refractivity contribution is -0.384. The van der Waals surface area contributed by atoms with Crippen LogP contribution in [0.3, 0.4) is 0 Å². The average Bonchev–Trinajstić information content (AvgIpc) is 2.98. The minimum atomic E-state index is -3.70. The van der Waals surface area contributed by atoms with Gasteiger partial charge in [0.25, 0.3) is 5.69 Å². The molecule has 9 heteroatoms. The Kier molecular flexibility index (Phi) is 3.64. The van der Waals surface area contributed by atoms with Crippen LogP contribution in [0.2, 0.25) is 5.02 Å². The van der Waals surface area contributed by atoms with Gasteiger partial charge in [-0.1, -0.05) is 11.6 Å². The molecule has 2 saturated heterocycles. The summed E-state index contributed by atoms with van der Waals surface area (Å²) in [5, 5.41) is 13.8. The molecule has 21 heavy (non-hydrogen) atoms. The summed E-state index contributed by atoms with van der Waals surface area (Å²) in [6.07, 6.45) is 0. The average molecular weight is 332 g/mol. The van der Waals surface area contributed by atoms with Gasteiger partial charge < -0.3 is 5.32 Å². The maximum Gasteiger partial charge on any atom is 0.271 e. The predicted octanol–water partition coefficient (Wildman–Crippen LogP) is 1.09. The van der Waals surface area contributed by atoms with Crippen LogP contribution in [0.4, 0.5) is 5.69 Å². The fourth-order valence-electron chi connectivity index (χ4n) is 2.96. The third-order valence-corrected chi connectivity index (χ3v) is 6.41. The molecule has 0 aromatic heterocycles. The van der Waals surface area contributed by atoms with E-state index in [1.54, 1.807) is 0 Å². The van der Waals surface area contributed by atoms with Crippen molar-refractivity contribution in [2.75, 3.05) is 26.2 Å². The minimum absolute atomic E-state index is 0.0669. The highest BCUT2D eigenvalue weighted by Gasteiger charge is 2.42. The lowest BCUT2D eigenvalue weighted by Crippen LogP contribution is -2.32. The van der Waals surface area contributed by atoms with Crippen molar-refractivity contribution in [3.8, 4) is 0 Å².